The van der Waals surface area contributed by atoms with E-state index in [0.717, 1.165) is 11.0 Å². The first-order valence-corrected chi connectivity index (χ1v) is 6.11. The van der Waals surface area contributed by atoms with E-state index >= 15 is 0 Å². The number of pyridine rings is 2. The van der Waals surface area contributed by atoms with E-state index < -0.39 is 0 Å². The Morgan fingerprint density at radius 1 is 1.35 bits per heavy atom. The molecular formula is C14H13N5O. The lowest BCUT2D eigenvalue weighted by molar-refractivity contribution is 0.0963. The van der Waals surface area contributed by atoms with Crippen LogP contribution in [0.3, 0.4) is 0 Å². The van der Waals surface area contributed by atoms with Crippen LogP contribution >= 0.6 is 0 Å². The van der Waals surface area contributed by atoms with Gasteiger partial charge < -0.3 is 16.0 Å². The zero-order chi connectivity index (χ0) is 14.1. The van der Waals surface area contributed by atoms with Crippen molar-refractivity contribution in [2.45, 2.75) is 0 Å². The Hall–Kier alpha value is -2.89. The molecule has 3 heterocycles. The van der Waals surface area contributed by atoms with Gasteiger partial charge in [0.05, 0.1) is 11.4 Å². The number of nitrogens with one attached hydrogen (secondary N) is 2. The van der Waals surface area contributed by atoms with Crippen LogP contribution in [0, 0.1) is 0 Å². The van der Waals surface area contributed by atoms with Crippen molar-refractivity contribution in [2.24, 2.45) is 0 Å². The van der Waals surface area contributed by atoms with Gasteiger partial charge in [0.1, 0.15) is 5.65 Å². The van der Waals surface area contributed by atoms with Crippen LogP contribution in [0.25, 0.3) is 22.3 Å². The van der Waals surface area contributed by atoms with Gasteiger partial charge in [0.25, 0.3) is 5.91 Å². The van der Waals surface area contributed by atoms with E-state index in [1.165, 1.54) is 0 Å². The highest BCUT2D eigenvalue weighted by atomic mass is 16.1. The molecule has 0 aliphatic carbocycles. The molecule has 6 nitrogen and oxygen atoms in total. The molecule has 0 aromatic carbocycles. The molecule has 0 aliphatic heterocycles. The highest BCUT2D eigenvalue weighted by molar-refractivity contribution is 5.98. The van der Waals surface area contributed by atoms with E-state index in [4.69, 9.17) is 5.73 Å². The Morgan fingerprint density at radius 2 is 2.20 bits per heavy atom. The van der Waals surface area contributed by atoms with Crippen LogP contribution < -0.4 is 11.1 Å². The van der Waals surface area contributed by atoms with Crippen molar-refractivity contribution in [2.75, 3.05) is 12.8 Å². The van der Waals surface area contributed by atoms with Gasteiger partial charge in [-0.1, -0.05) is 0 Å². The number of hydrogen-bond acceptors (Lipinski definition) is 4. The van der Waals surface area contributed by atoms with Crippen molar-refractivity contribution in [1.29, 1.82) is 0 Å². The summed E-state index contributed by atoms with van der Waals surface area (Å²) in [5.41, 5.74) is 9.35. The third-order valence-electron chi connectivity index (χ3n) is 3.15. The number of rotatable bonds is 2. The van der Waals surface area contributed by atoms with Gasteiger partial charge in [0, 0.05) is 42.2 Å². The summed E-state index contributed by atoms with van der Waals surface area (Å²) < 4.78 is 0. The zero-order valence-corrected chi connectivity index (χ0v) is 10.8. The number of nitrogens with zero attached hydrogens (tertiary/aromatic N) is 2. The number of nitrogen functional groups attached to an aromatic ring is 1. The van der Waals surface area contributed by atoms with Crippen molar-refractivity contribution < 1.29 is 4.79 Å². The van der Waals surface area contributed by atoms with Crippen molar-refractivity contribution in [3.63, 3.8) is 0 Å². The third-order valence-corrected chi connectivity index (χ3v) is 3.15. The van der Waals surface area contributed by atoms with E-state index in [-0.39, 0.29) is 5.91 Å². The van der Waals surface area contributed by atoms with Crippen LogP contribution in [0.5, 0.6) is 0 Å². The van der Waals surface area contributed by atoms with Gasteiger partial charge in [-0.2, -0.15) is 0 Å². The first-order valence-electron chi connectivity index (χ1n) is 6.11. The number of anilines is 1. The third kappa shape index (κ3) is 1.87. The predicted octanol–water partition coefficient (Wildman–Crippen LogP) is 1.57. The molecule has 0 bridgehead atoms. The van der Waals surface area contributed by atoms with Gasteiger partial charge in [-0.25, -0.2) is 4.98 Å². The van der Waals surface area contributed by atoms with E-state index in [1.54, 1.807) is 37.8 Å². The minimum absolute atomic E-state index is 0.164. The molecule has 1 amide bonds. The summed E-state index contributed by atoms with van der Waals surface area (Å²) in [6.45, 7) is 0. The number of aromatic nitrogens is 3. The van der Waals surface area contributed by atoms with Crippen LogP contribution in [-0.2, 0) is 0 Å². The van der Waals surface area contributed by atoms with Gasteiger partial charge in [-0.05, 0) is 18.2 Å². The Labute approximate surface area is 115 Å². The topological polar surface area (TPSA) is 96.7 Å². The quantitative estimate of drug-likeness (QED) is 0.656. The molecule has 100 valence electrons. The number of aromatic amines is 1. The van der Waals surface area contributed by atoms with E-state index in [1.807, 2.05) is 6.07 Å². The maximum atomic E-state index is 11.7. The molecule has 20 heavy (non-hydrogen) atoms. The maximum absolute atomic E-state index is 11.7. The predicted molar refractivity (Wildman–Crippen MR) is 77.1 cm³/mol. The SMILES string of the molecule is CNC(=O)c1ccnc(-c2cnc3[nH]ccc3c2N)c1. The highest BCUT2D eigenvalue weighted by Gasteiger charge is 2.11. The largest absolute Gasteiger partial charge is 0.398 e. The number of carbonyl (C=O) groups is 1. The number of carbonyl (C=O) groups excluding carboxylic acids is 1. The molecule has 0 saturated heterocycles. The number of hydrogen-bond donors (Lipinski definition) is 3. The lowest BCUT2D eigenvalue weighted by Gasteiger charge is -2.07. The van der Waals surface area contributed by atoms with Crippen LogP contribution in [-0.4, -0.2) is 27.9 Å². The second-order valence-electron chi connectivity index (χ2n) is 4.33. The summed E-state index contributed by atoms with van der Waals surface area (Å²) in [6.07, 6.45) is 5.02. The molecule has 0 spiro atoms. The van der Waals surface area contributed by atoms with Crippen molar-refractivity contribution >= 4 is 22.6 Å². The average molecular weight is 267 g/mol. The molecular weight excluding hydrogens is 254 g/mol. The van der Waals surface area contributed by atoms with Gasteiger partial charge in [0.2, 0.25) is 0 Å². The lowest BCUT2D eigenvalue weighted by Crippen LogP contribution is -2.17. The molecule has 3 rings (SSSR count). The van der Waals surface area contributed by atoms with Crippen LogP contribution in [0.15, 0.2) is 36.8 Å². The normalized spacial score (nSPS) is 10.7. The molecule has 0 unspecified atom stereocenters. The summed E-state index contributed by atoms with van der Waals surface area (Å²) >= 11 is 0. The van der Waals surface area contributed by atoms with Crippen LogP contribution in [0.1, 0.15) is 10.4 Å². The second-order valence-corrected chi connectivity index (χ2v) is 4.33. The lowest BCUT2D eigenvalue weighted by atomic mass is 10.1. The summed E-state index contributed by atoms with van der Waals surface area (Å²) in [6, 6.07) is 5.22. The summed E-state index contributed by atoms with van der Waals surface area (Å²) in [5, 5.41) is 3.42. The monoisotopic (exact) mass is 267 g/mol. The fraction of sp³-hybridized carbons (Fsp3) is 0.0714. The van der Waals surface area contributed by atoms with Gasteiger partial charge in [-0.15, -0.1) is 0 Å². The first kappa shape index (κ1) is 12.2. The Balaban J connectivity index is 2.15. The molecule has 6 heteroatoms. The Kier molecular flexibility index (Phi) is 2.83. The summed E-state index contributed by atoms with van der Waals surface area (Å²) in [7, 11) is 1.59. The maximum Gasteiger partial charge on any atom is 0.251 e. The van der Waals surface area contributed by atoms with E-state index in [2.05, 4.69) is 20.3 Å². The molecule has 4 N–H and O–H groups in total. The van der Waals surface area contributed by atoms with E-state index in [0.29, 0.717) is 22.5 Å². The first-order chi connectivity index (χ1) is 9.70. The fourth-order valence-corrected chi connectivity index (χ4v) is 2.10. The molecule has 0 atom stereocenters. The molecule has 0 aliphatic rings. The molecule has 0 radical (unpaired) electrons. The summed E-state index contributed by atoms with van der Waals surface area (Å²) in [4.78, 5) is 23.2. The molecule has 0 fully saturated rings. The standard InChI is InChI=1S/C14H13N5O/c1-16-14(20)8-2-4-17-11(6-8)10-7-19-13-9(12(10)15)3-5-18-13/h2-7H,1H3,(H,16,20)(H3,15,18,19). The Bertz CT molecular complexity index is 793. The van der Waals surface area contributed by atoms with Crippen LogP contribution in [0.4, 0.5) is 5.69 Å². The summed E-state index contributed by atoms with van der Waals surface area (Å²) in [5.74, 6) is -0.164. The number of fused-ring (bicyclic) bond motifs is 1. The smallest absolute Gasteiger partial charge is 0.251 e. The Morgan fingerprint density at radius 3 is 3.00 bits per heavy atom. The van der Waals surface area contributed by atoms with E-state index in [9.17, 15) is 4.79 Å². The van der Waals surface area contributed by atoms with Crippen molar-refractivity contribution in [3.8, 4) is 11.3 Å². The van der Waals surface area contributed by atoms with Crippen molar-refractivity contribution in [3.05, 3.63) is 42.4 Å². The molecule has 3 aromatic heterocycles. The van der Waals surface area contributed by atoms with Gasteiger partial charge in [0.15, 0.2) is 0 Å². The number of amides is 1. The highest BCUT2D eigenvalue weighted by Crippen LogP contribution is 2.29. The second kappa shape index (κ2) is 4.65. The zero-order valence-electron chi connectivity index (χ0n) is 10.8. The fourth-order valence-electron chi connectivity index (χ4n) is 2.10. The minimum Gasteiger partial charge on any atom is -0.398 e. The van der Waals surface area contributed by atoms with Gasteiger partial charge >= 0.3 is 0 Å². The molecule has 3 aromatic rings. The minimum atomic E-state index is -0.164. The van der Waals surface area contributed by atoms with Crippen LogP contribution in [0.2, 0.25) is 0 Å². The molecule has 0 saturated carbocycles. The average Bonchev–Trinajstić information content (AvgIpc) is 2.96. The van der Waals surface area contributed by atoms with Crippen molar-refractivity contribution in [1.82, 2.24) is 20.3 Å². The van der Waals surface area contributed by atoms with Gasteiger partial charge in [-0.3, -0.25) is 9.78 Å². The number of nitrogens with two attached hydrogens (primary N) is 1. The number of H-pyrrole nitrogens is 1.